The summed E-state index contributed by atoms with van der Waals surface area (Å²) in [5.41, 5.74) is 0.451. The van der Waals surface area contributed by atoms with Gasteiger partial charge < -0.3 is 19.3 Å². The molecule has 1 heterocycles. The van der Waals surface area contributed by atoms with Gasteiger partial charge in [0.2, 0.25) is 0 Å². The summed E-state index contributed by atoms with van der Waals surface area (Å²) < 4.78 is 25.2. The van der Waals surface area contributed by atoms with Crippen LogP contribution in [0.3, 0.4) is 0 Å². The van der Waals surface area contributed by atoms with E-state index in [1.54, 1.807) is 12.1 Å². The van der Waals surface area contributed by atoms with Crippen LogP contribution in [-0.4, -0.2) is 60.8 Å². The van der Waals surface area contributed by atoms with Crippen molar-refractivity contribution >= 4 is 12.0 Å². The first kappa shape index (κ1) is 20.7. The number of amides is 2. The van der Waals surface area contributed by atoms with E-state index >= 15 is 4.39 Å². The minimum absolute atomic E-state index is 0.00157. The number of morpholine rings is 1. The Kier molecular flexibility index (Phi) is 5.40. The van der Waals surface area contributed by atoms with Crippen molar-refractivity contribution < 1.29 is 23.5 Å². The molecule has 5 aliphatic rings. The molecular formula is C24H31FN2O4. The summed E-state index contributed by atoms with van der Waals surface area (Å²) in [6, 6.07) is 4.43. The van der Waals surface area contributed by atoms with Gasteiger partial charge in [-0.05, 0) is 68.4 Å². The van der Waals surface area contributed by atoms with Gasteiger partial charge in [-0.2, -0.15) is 0 Å². The number of esters is 1. The summed E-state index contributed by atoms with van der Waals surface area (Å²) in [5, 5.41) is 0. The van der Waals surface area contributed by atoms with Crippen LogP contribution >= 0.6 is 0 Å². The second-order valence-corrected chi connectivity index (χ2v) is 9.91. The van der Waals surface area contributed by atoms with Crippen LogP contribution in [0.25, 0.3) is 0 Å². The van der Waals surface area contributed by atoms with E-state index in [-0.39, 0.29) is 23.7 Å². The van der Waals surface area contributed by atoms with Crippen molar-refractivity contribution in [1.82, 2.24) is 9.80 Å². The molecule has 0 atom stereocenters. The molecule has 1 aliphatic heterocycles. The lowest BCUT2D eigenvalue weighted by Crippen LogP contribution is -2.64. The van der Waals surface area contributed by atoms with Gasteiger partial charge in [-0.3, -0.25) is 0 Å². The zero-order valence-corrected chi connectivity index (χ0v) is 18.1. The zero-order valence-electron chi connectivity index (χ0n) is 18.1. The summed E-state index contributed by atoms with van der Waals surface area (Å²) in [6.45, 7) is 2.47. The van der Waals surface area contributed by atoms with E-state index in [1.165, 1.54) is 32.4 Å². The van der Waals surface area contributed by atoms with Crippen LogP contribution in [0.1, 0.15) is 54.4 Å². The van der Waals surface area contributed by atoms with Crippen molar-refractivity contribution in [3.8, 4) is 0 Å². The Balaban J connectivity index is 1.46. The van der Waals surface area contributed by atoms with Crippen molar-refractivity contribution in [2.24, 2.45) is 17.8 Å². The van der Waals surface area contributed by atoms with Crippen LogP contribution in [0.15, 0.2) is 18.2 Å². The van der Waals surface area contributed by atoms with E-state index < -0.39 is 11.8 Å². The van der Waals surface area contributed by atoms with Crippen LogP contribution in [-0.2, 0) is 16.0 Å². The Morgan fingerprint density at radius 2 is 1.74 bits per heavy atom. The monoisotopic (exact) mass is 430 g/mol. The largest absolute Gasteiger partial charge is 0.465 e. The second kappa shape index (κ2) is 8.08. The average molecular weight is 431 g/mol. The lowest BCUT2D eigenvalue weighted by atomic mass is 9.52. The van der Waals surface area contributed by atoms with E-state index in [0.29, 0.717) is 49.6 Å². The first-order valence-corrected chi connectivity index (χ1v) is 11.5. The average Bonchev–Trinajstić information content (AvgIpc) is 2.76. The summed E-state index contributed by atoms with van der Waals surface area (Å²) in [7, 11) is 1.28. The molecule has 0 unspecified atom stereocenters. The molecule has 1 aromatic carbocycles. The summed E-state index contributed by atoms with van der Waals surface area (Å²) >= 11 is 0. The number of benzene rings is 1. The van der Waals surface area contributed by atoms with Gasteiger partial charge in [0.1, 0.15) is 5.82 Å². The zero-order chi connectivity index (χ0) is 21.6. The van der Waals surface area contributed by atoms with Crippen molar-refractivity contribution in [3.05, 3.63) is 35.1 Å². The molecule has 1 aromatic rings. The van der Waals surface area contributed by atoms with Crippen LogP contribution in [0.2, 0.25) is 0 Å². The summed E-state index contributed by atoms with van der Waals surface area (Å²) in [5.74, 6) is 1.01. The molecule has 4 aliphatic carbocycles. The maximum Gasteiger partial charge on any atom is 0.337 e. The van der Waals surface area contributed by atoms with Crippen molar-refractivity contribution in [1.29, 1.82) is 0 Å². The van der Waals surface area contributed by atoms with Gasteiger partial charge in [0, 0.05) is 24.2 Å². The Bertz CT molecular complexity index is 832. The third-order valence-electron chi connectivity index (χ3n) is 7.89. The third kappa shape index (κ3) is 3.81. The number of carbonyl (C=O) groups excluding carboxylic acids is 2. The normalized spacial score (nSPS) is 31.5. The Labute approximate surface area is 182 Å². The molecule has 6 rings (SSSR count). The lowest BCUT2D eigenvalue weighted by Gasteiger charge is -2.60. The molecule has 0 N–H and O–H groups in total. The van der Waals surface area contributed by atoms with Gasteiger partial charge in [-0.25, -0.2) is 14.0 Å². The topological polar surface area (TPSA) is 59.1 Å². The van der Waals surface area contributed by atoms with Gasteiger partial charge >= 0.3 is 12.0 Å². The standard InChI is InChI=1S/C24H31FN2O4/c1-30-22(28)19-2-3-20(21(25)11-19)15-27(23(29)26-4-6-31-7-5-26)24-12-16-8-17(13-24)10-18(9-16)14-24/h2-3,11,16-18H,4-10,12-15H2,1H3. The molecular weight excluding hydrogens is 399 g/mol. The van der Waals surface area contributed by atoms with Crippen molar-refractivity contribution in [2.75, 3.05) is 33.4 Å². The number of nitrogens with zero attached hydrogens (tertiary/aromatic N) is 2. The number of rotatable bonds is 4. The molecule has 168 valence electrons. The number of methoxy groups -OCH3 is 1. The van der Waals surface area contributed by atoms with Crippen LogP contribution < -0.4 is 0 Å². The number of carbonyl (C=O) groups is 2. The molecule has 31 heavy (non-hydrogen) atoms. The second-order valence-electron chi connectivity index (χ2n) is 9.91. The highest BCUT2D eigenvalue weighted by Gasteiger charge is 2.55. The van der Waals surface area contributed by atoms with Crippen molar-refractivity contribution in [3.63, 3.8) is 0 Å². The number of hydrogen-bond donors (Lipinski definition) is 0. The first-order valence-electron chi connectivity index (χ1n) is 11.5. The van der Waals surface area contributed by atoms with E-state index in [0.717, 1.165) is 19.3 Å². The van der Waals surface area contributed by atoms with E-state index in [4.69, 9.17) is 9.47 Å². The van der Waals surface area contributed by atoms with E-state index in [1.807, 2.05) is 9.80 Å². The summed E-state index contributed by atoms with van der Waals surface area (Å²) in [4.78, 5) is 29.4. The highest BCUT2D eigenvalue weighted by molar-refractivity contribution is 5.89. The van der Waals surface area contributed by atoms with E-state index in [9.17, 15) is 9.59 Å². The maximum absolute atomic E-state index is 15.0. The minimum atomic E-state index is -0.562. The molecule has 0 aromatic heterocycles. The fraction of sp³-hybridized carbons (Fsp3) is 0.667. The smallest absolute Gasteiger partial charge is 0.337 e. The number of urea groups is 1. The quantitative estimate of drug-likeness (QED) is 0.681. The number of halogens is 1. The third-order valence-corrected chi connectivity index (χ3v) is 7.89. The fourth-order valence-corrected chi connectivity index (χ4v) is 6.85. The molecule has 4 saturated carbocycles. The highest BCUT2D eigenvalue weighted by atomic mass is 19.1. The minimum Gasteiger partial charge on any atom is -0.465 e. The SMILES string of the molecule is COC(=O)c1ccc(CN(C(=O)N2CCOCC2)C23CC4CC(CC(C4)C2)C3)c(F)c1. The number of hydrogen-bond acceptors (Lipinski definition) is 4. The first-order chi connectivity index (χ1) is 15.0. The van der Waals surface area contributed by atoms with Gasteiger partial charge in [0.15, 0.2) is 0 Å². The molecule has 7 heteroatoms. The van der Waals surface area contributed by atoms with Crippen LogP contribution in [0.5, 0.6) is 0 Å². The fourth-order valence-electron chi connectivity index (χ4n) is 6.85. The highest BCUT2D eigenvalue weighted by Crippen LogP contribution is 2.58. The number of ether oxygens (including phenoxy) is 2. The summed E-state index contributed by atoms with van der Waals surface area (Å²) in [6.07, 6.45) is 6.91. The van der Waals surface area contributed by atoms with E-state index in [2.05, 4.69) is 0 Å². The molecule has 2 amide bonds. The molecule has 1 saturated heterocycles. The Hall–Kier alpha value is -2.15. The van der Waals surface area contributed by atoms with Crippen LogP contribution in [0, 0.1) is 23.6 Å². The van der Waals surface area contributed by atoms with Crippen molar-refractivity contribution in [2.45, 2.75) is 50.6 Å². The predicted octanol–water partition coefficient (Wildman–Crippen LogP) is 3.84. The Morgan fingerprint density at radius 3 is 2.29 bits per heavy atom. The van der Waals surface area contributed by atoms with Gasteiger partial charge in [-0.15, -0.1) is 0 Å². The maximum atomic E-state index is 15.0. The van der Waals surface area contributed by atoms with Gasteiger partial charge in [0.25, 0.3) is 0 Å². The lowest BCUT2D eigenvalue weighted by molar-refractivity contribution is -0.0810. The predicted molar refractivity (Wildman–Crippen MR) is 112 cm³/mol. The van der Waals surface area contributed by atoms with Gasteiger partial charge in [-0.1, -0.05) is 6.07 Å². The Morgan fingerprint density at radius 1 is 1.13 bits per heavy atom. The molecule has 5 fully saturated rings. The van der Waals surface area contributed by atoms with Crippen LogP contribution in [0.4, 0.5) is 9.18 Å². The van der Waals surface area contributed by atoms with Gasteiger partial charge in [0.05, 0.1) is 32.4 Å². The molecule has 0 spiro atoms. The molecule has 0 radical (unpaired) electrons. The molecule has 6 nitrogen and oxygen atoms in total. The molecule has 4 bridgehead atoms.